The van der Waals surface area contributed by atoms with Crippen molar-refractivity contribution in [2.75, 3.05) is 20.1 Å². The Morgan fingerprint density at radius 2 is 1.90 bits per heavy atom. The fourth-order valence-electron chi connectivity index (χ4n) is 3.34. The van der Waals surface area contributed by atoms with E-state index in [1.165, 1.54) is 11.4 Å². The summed E-state index contributed by atoms with van der Waals surface area (Å²) in [5.74, 6) is -0.315. The number of sulfonamides is 1. The van der Waals surface area contributed by atoms with Gasteiger partial charge in [-0.25, -0.2) is 13.2 Å². The van der Waals surface area contributed by atoms with Gasteiger partial charge in [0.25, 0.3) is 0 Å². The van der Waals surface area contributed by atoms with E-state index in [9.17, 15) is 18.0 Å². The molecule has 0 saturated carbocycles. The number of carbonyl (C=O) groups is 2. The van der Waals surface area contributed by atoms with Gasteiger partial charge in [-0.15, -0.1) is 0 Å². The Labute approximate surface area is 173 Å². The number of likely N-dealkylation sites (N-methyl/N-ethyl adjacent to an activating group) is 1. The number of hydrogen-bond donors (Lipinski definition) is 2. The summed E-state index contributed by atoms with van der Waals surface area (Å²) in [6, 6.07) is 8.50. The predicted molar refractivity (Wildman–Crippen MR) is 111 cm³/mol. The number of amides is 2. The number of hydrogen-bond acceptors (Lipinski definition) is 5. The second-order valence-corrected chi connectivity index (χ2v) is 10.3. The molecule has 1 fully saturated rings. The monoisotopic (exact) mass is 425 g/mol. The fraction of sp³-hybridized carbons (Fsp3) is 0.600. The van der Waals surface area contributed by atoms with E-state index < -0.39 is 33.0 Å². The van der Waals surface area contributed by atoms with Crippen molar-refractivity contribution in [1.82, 2.24) is 14.9 Å². The van der Waals surface area contributed by atoms with Crippen LogP contribution in [0.3, 0.4) is 0 Å². The number of rotatable bonds is 7. The fourth-order valence-corrected chi connectivity index (χ4v) is 5.36. The summed E-state index contributed by atoms with van der Waals surface area (Å²) in [6.07, 6.45) is 0.649. The second kappa shape index (κ2) is 9.58. The lowest BCUT2D eigenvalue weighted by atomic mass is 10.1. The standard InChI is InChI=1S/C20H31N3O5S/c1-20(2,3)28-19(25)22-14-16(13-15-9-6-5-7-10-15)29(26,27)23-12-8-11-17(23)18(24)21-4/h5-7,9-10,16-17H,8,11-14H2,1-4H3,(H,21,24)(H,22,25)/t16-,17+/m1/s1. The molecular formula is C20H31N3O5S. The highest BCUT2D eigenvalue weighted by Gasteiger charge is 2.42. The van der Waals surface area contributed by atoms with Crippen LogP contribution in [0, 0.1) is 0 Å². The smallest absolute Gasteiger partial charge is 0.407 e. The van der Waals surface area contributed by atoms with Crippen LogP contribution in [-0.2, 0) is 26.0 Å². The molecule has 0 aliphatic carbocycles. The topological polar surface area (TPSA) is 105 Å². The van der Waals surface area contributed by atoms with Gasteiger partial charge in [0.15, 0.2) is 0 Å². The molecule has 1 heterocycles. The Morgan fingerprint density at radius 1 is 1.24 bits per heavy atom. The molecule has 2 amide bonds. The Balaban J connectivity index is 2.23. The minimum atomic E-state index is -3.84. The highest BCUT2D eigenvalue weighted by Crippen LogP contribution is 2.25. The van der Waals surface area contributed by atoms with Crippen molar-refractivity contribution in [2.45, 2.75) is 56.9 Å². The lowest BCUT2D eigenvalue weighted by molar-refractivity contribution is -0.123. The third kappa shape index (κ3) is 6.43. The molecule has 29 heavy (non-hydrogen) atoms. The van der Waals surface area contributed by atoms with E-state index >= 15 is 0 Å². The molecule has 1 aromatic rings. The molecule has 2 atom stereocenters. The van der Waals surface area contributed by atoms with E-state index in [1.807, 2.05) is 30.3 Å². The van der Waals surface area contributed by atoms with Gasteiger partial charge >= 0.3 is 6.09 Å². The van der Waals surface area contributed by atoms with Crippen LogP contribution in [0.2, 0.25) is 0 Å². The molecule has 1 aromatic carbocycles. The number of nitrogens with zero attached hydrogens (tertiary/aromatic N) is 1. The van der Waals surface area contributed by atoms with Crippen molar-refractivity contribution in [2.24, 2.45) is 0 Å². The first-order valence-electron chi connectivity index (χ1n) is 9.77. The van der Waals surface area contributed by atoms with Gasteiger partial charge in [0.1, 0.15) is 11.6 Å². The van der Waals surface area contributed by atoms with Crippen LogP contribution in [0.1, 0.15) is 39.2 Å². The van der Waals surface area contributed by atoms with E-state index in [0.717, 1.165) is 5.56 Å². The largest absolute Gasteiger partial charge is 0.444 e. The van der Waals surface area contributed by atoms with Gasteiger partial charge in [0.2, 0.25) is 15.9 Å². The number of benzene rings is 1. The molecule has 162 valence electrons. The van der Waals surface area contributed by atoms with Gasteiger partial charge in [-0.05, 0) is 45.6 Å². The molecule has 0 aromatic heterocycles. The zero-order valence-electron chi connectivity index (χ0n) is 17.5. The number of nitrogens with one attached hydrogen (secondary N) is 2. The average Bonchev–Trinajstić information content (AvgIpc) is 3.14. The first kappa shape index (κ1) is 23.2. The molecule has 2 N–H and O–H groups in total. The predicted octanol–water partition coefficient (Wildman–Crippen LogP) is 1.66. The molecule has 2 rings (SSSR count). The van der Waals surface area contributed by atoms with Crippen LogP contribution in [0.5, 0.6) is 0 Å². The third-order valence-electron chi connectivity index (χ3n) is 4.68. The lowest BCUT2D eigenvalue weighted by Crippen LogP contribution is -2.51. The van der Waals surface area contributed by atoms with Crippen molar-refractivity contribution < 1.29 is 22.7 Å². The zero-order valence-corrected chi connectivity index (χ0v) is 18.3. The highest BCUT2D eigenvalue weighted by molar-refractivity contribution is 7.89. The lowest BCUT2D eigenvalue weighted by Gasteiger charge is -2.28. The molecule has 1 aliphatic heterocycles. The van der Waals surface area contributed by atoms with E-state index in [0.29, 0.717) is 12.8 Å². The van der Waals surface area contributed by atoms with Crippen LogP contribution in [0.15, 0.2) is 30.3 Å². The van der Waals surface area contributed by atoms with Gasteiger partial charge in [0.05, 0.1) is 5.25 Å². The number of ether oxygens (including phenoxy) is 1. The van der Waals surface area contributed by atoms with Gasteiger partial charge in [-0.2, -0.15) is 4.31 Å². The minimum Gasteiger partial charge on any atom is -0.444 e. The van der Waals surface area contributed by atoms with E-state index in [1.54, 1.807) is 20.8 Å². The van der Waals surface area contributed by atoms with E-state index in [4.69, 9.17) is 4.74 Å². The van der Waals surface area contributed by atoms with Crippen molar-refractivity contribution in [1.29, 1.82) is 0 Å². The second-order valence-electron chi connectivity index (χ2n) is 8.12. The summed E-state index contributed by atoms with van der Waals surface area (Å²) < 4.78 is 33.3. The molecule has 1 aliphatic rings. The Bertz CT molecular complexity index is 805. The third-order valence-corrected chi connectivity index (χ3v) is 6.95. The Hall–Kier alpha value is -2.13. The van der Waals surface area contributed by atoms with Crippen LogP contribution in [-0.4, -0.2) is 61.8 Å². The minimum absolute atomic E-state index is 0.108. The molecular weight excluding hydrogens is 394 g/mol. The summed E-state index contributed by atoms with van der Waals surface area (Å²) in [6.45, 7) is 5.40. The van der Waals surface area contributed by atoms with E-state index in [-0.39, 0.29) is 25.4 Å². The van der Waals surface area contributed by atoms with Gasteiger partial charge in [0, 0.05) is 20.1 Å². The summed E-state index contributed by atoms with van der Waals surface area (Å²) in [4.78, 5) is 24.2. The quantitative estimate of drug-likeness (QED) is 0.691. The van der Waals surface area contributed by atoms with Crippen molar-refractivity contribution in [3.8, 4) is 0 Å². The normalized spacial score (nSPS) is 18.8. The van der Waals surface area contributed by atoms with Crippen LogP contribution in [0.4, 0.5) is 4.79 Å². The number of alkyl carbamates (subject to hydrolysis) is 1. The van der Waals surface area contributed by atoms with Crippen LogP contribution < -0.4 is 10.6 Å². The molecule has 0 radical (unpaired) electrons. The van der Waals surface area contributed by atoms with Crippen LogP contribution >= 0.6 is 0 Å². The Kier molecular flexibility index (Phi) is 7.65. The van der Waals surface area contributed by atoms with Crippen molar-refractivity contribution in [3.63, 3.8) is 0 Å². The maximum atomic E-state index is 13.4. The summed E-state index contributed by atoms with van der Waals surface area (Å²) >= 11 is 0. The first-order valence-corrected chi connectivity index (χ1v) is 11.3. The first-order chi connectivity index (χ1) is 13.5. The molecule has 0 spiro atoms. The molecule has 1 saturated heterocycles. The summed E-state index contributed by atoms with van der Waals surface area (Å²) in [5, 5.41) is 4.20. The van der Waals surface area contributed by atoms with Crippen molar-refractivity contribution in [3.05, 3.63) is 35.9 Å². The molecule has 8 nitrogen and oxygen atoms in total. The molecule has 0 bridgehead atoms. The van der Waals surface area contributed by atoms with Crippen molar-refractivity contribution >= 4 is 22.0 Å². The van der Waals surface area contributed by atoms with Crippen LogP contribution in [0.25, 0.3) is 0 Å². The maximum absolute atomic E-state index is 13.4. The van der Waals surface area contributed by atoms with Gasteiger partial charge in [-0.1, -0.05) is 30.3 Å². The Morgan fingerprint density at radius 3 is 2.48 bits per heavy atom. The summed E-state index contributed by atoms with van der Waals surface area (Å²) in [5.41, 5.74) is 0.152. The van der Waals surface area contributed by atoms with Gasteiger partial charge < -0.3 is 15.4 Å². The maximum Gasteiger partial charge on any atom is 0.407 e. The van der Waals surface area contributed by atoms with Gasteiger partial charge in [-0.3, -0.25) is 4.79 Å². The summed E-state index contributed by atoms with van der Waals surface area (Å²) in [7, 11) is -2.34. The molecule has 9 heteroatoms. The number of carbonyl (C=O) groups excluding carboxylic acids is 2. The zero-order chi connectivity index (χ0) is 21.7. The SMILES string of the molecule is CNC(=O)[C@@H]1CCCN1S(=O)(=O)[C@@H](CNC(=O)OC(C)(C)C)Cc1ccccc1. The molecule has 0 unspecified atom stereocenters. The highest BCUT2D eigenvalue weighted by atomic mass is 32.2. The average molecular weight is 426 g/mol. The van der Waals surface area contributed by atoms with E-state index in [2.05, 4.69) is 10.6 Å².